The monoisotopic (exact) mass is 260 g/mol. The van der Waals surface area contributed by atoms with Crippen LogP contribution in [0.25, 0.3) is 0 Å². The smallest absolute Gasteiger partial charge is 0.0715 e. The molecule has 3 nitrogen and oxygen atoms in total. The van der Waals surface area contributed by atoms with Gasteiger partial charge in [0.25, 0.3) is 0 Å². The zero-order chi connectivity index (χ0) is 13.2. The highest BCUT2D eigenvalue weighted by Gasteiger charge is 2.23. The van der Waals surface area contributed by atoms with Crippen LogP contribution in [-0.2, 0) is 6.54 Å². The number of β-amino-alcohol motifs (C(OH)–C–C–N with tert-alkyl or cyclic N) is 1. The molecule has 2 N–H and O–H groups in total. The highest BCUT2D eigenvalue weighted by molar-refractivity contribution is 5.55. The molecular formula is C16H24N2O. The van der Waals surface area contributed by atoms with Crippen LogP contribution in [0, 0.1) is 6.92 Å². The van der Waals surface area contributed by atoms with E-state index >= 15 is 0 Å². The van der Waals surface area contributed by atoms with Gasteiger partial charge in [-0.05, 0) is 44.2 Å². The van der Waals surface area contributed by atoms with E-state index in [-0.39, 0.29) is 6.10 Å². The van der Waals surface area contributed by atoms with Crippen molar-refractivity contribution in [2.24, 2.45) is 0 Å². The van der Waals surface area contributed by atoms with E-state index in [9.17, 15) is 5.11 Å². The Morgan fingerprint density at radius 2 is 2.16 bits per heavy atom. The lowest BCUT2D eigenvalue weighted by atomic mass is 10.0. The predicted molar refractivity (Wildman–Crippen MR) is 78.5 cm³/mol. The third-order valence-corrected chi connectivity index (χ3v) is 4.13. The number of aryl methyl sites for hydroxylation is 1. The minimum absolute atomic E-state index is 0.167. The van der Waals surface area contributed by atoms with E-state index in [1.54, 1.807) is 0 Å². The summed E-state index contributed by atoms with van der Waals surface area (Å²) in [6.07, 6.45) is 4.51. The summed E-state index contributed by atoms with van der Waals surface area (Å²) in [5, 5.41) is 13.5. The van der Waals surface area contributed by atoms with Crippen LogP contribution in [0.15, 0.2) is 18.2 Å². The second-order valence-corrected chi connectivity index (χ2v) is 6.03. The van der Waals surface area contributed by atoms with Gasteiger partial charge in [-0.2, -0.15) is 0 Å². The second-order valence-electron chi connectivity index (χ2n) is 6.03. The first-order valence-electron chi connectivity index (χ1n) is 7.48. The summed E-state index contributed by atoms with van der Waals surface area (Å²) < 4.78 is 0. The van der Waals surface area contributed by atoms with Gasteiger partial charge in [0.15, 0.2) is 0 Å². The first kappa shape index (κ1) is 12.9. The highest BCUT2D eigenvalue weighted by Crippen LogP contribution is 2.27. The zero-order valence-electron chi connectivity index (χ0n) is 11.7. The van der Waals surface area contributed by atoms with Crippen LogP contribution in [-0.4, -0.2) is 30.3 Å². The van der Waals surface area contributed by atoms with Crippen molar-refractivity contribution in [3.63, 3.8) is 0 Å². The quantitative estimate of drug-likeness (QED) is 0.871. The molecule has 0 bridgehead atoms. The fourth-order valence-corrected chi connectivity index (χ4v) is 2.88. The highest BCUT2D eigenvalue weighted by atomic mass is 16.3. The van der Waals surface area contributed by atoms with Gasteiger partial charge >= 0.3 is 0 Å². The molecule has 0 radical (unpaired) electrons. The number of hydrogen-bond donors (Lipinski definition) is 2. The fourth-order valence-electron chi connectivity index (χ4n) is 2.88. The second kappa shape index (κ2) is 5.51. The summed E-state index contributed by atoms with van der Waals surface area (Å²) in [4.78, 5) is 2.34. The SMILES string of the molecule is Cc1ccc(N2CCCC(O)C2)c(CNC2CC2)c1. The van der Waals surface area contributed by atoms with Gasteiger partial charge in [-0.25, -0.2) is 0 Å². The van der Waals surface area contributed by atoms with Crippen LogP contribution in [0.5, 0.6) is 0 Å². The summed E-state index contributed by atoms with van der Waals surface area (Å²) in [7, 11) is 0. The number of piperidine rings is 1. The molecule has 1 aliphatic carbocycles. The minimum atomic E-state index is -0.167. The largest absolute Gasteiger partial charge is 0.391 e. The maximum atomic E-state index is 9.86. The summed E-state index contributed by atoms with van der Waals surface area (Å²) in [6.45, 7) is 4.94. The van der Waals surface area contributed by atoms with E-state index in [1.165, 1.54) is 29.7 Å². The van der Waals surface area contributed by atoms with Crippen molar-refractivity contribution in [3.8, 4) is 0 Å². The van der Waals surface area contributed by atoms with Gasteiger partial charge in [0.2, 0.25) is 0 Å². The standard InChI is InChI=1S/C16H24N2O/c1-12-4-7-16(18-8-2-3-15(19)11-18)13(9-12)10-17-14-5-6-14/h4,7,9,14-15,17,19H,2-3,5-6,8,10-11H2,1H3. The minimum Gasteiger partial charge on any atom is -0.391 e. The van der Waals surface area contributed by atoms with Crippen LogP contribution < -0.4 is 10.2 Å². The molecule has 1 heterocycles. The molecule has 2 fully saturated rings. The molecule has 1 atom stereocenters. The van der Waals surface area contributed by atoms with Crippen molar-refractivity contribution in [1.29, 1.82) is 0 Å². The van der Waals surface area contributed by atoms with Crippen molar-refractivity contribution in [2.75, 3.05) is 18.0 Å². The molecule has 1 aromatic carbocycles. The molecule has 1 aromatic rings. The number of benzene rings is 1. The Morgan fingerprint density at radius 3 is 2.89 bits per heavy atom. The van der Waals surface area contributed by atoms with Gasteiger partial charge in [-0.1, -0.05) is 17.7 Å². The average Bonchev–Trinajstić information content (AvgIpc) is 3.20. The molecule has 3 heteroatoms. The fraction of sp³-hybridized carbons (Fsp3) is 0.625. The third kappa shape index (κ3) is 3.28. The number of aliphatic hydroxyl groups excluding tert-OH is 1. The first-order chi connectivity index (χ1) is 9.22. The lowest BCUT2D eigenvalue weighted by Gasteiger charge is -2.33. The van der Waals surface area contributed by atoms with Gasteiger partial charge in [-0.15, -0.1) is 0 Å². The number of hydrogen-bond acceptors (Lipinski definition) is 3. The molecule has 1 aliphatic heterocycles. The van der Waals surface area contributed by atoms with E-state index in [0.29, 0.717) is 0 Å². The Kier molecular flexibility index (Phi) is 3.76. The predicted octanol–water partition coefficient (Wildman–Crippen LogP) is 2.21. The molecule has 1 saturated heterocycles. The van der Waals surface area contributed by atoms with Gasteiger partial charge in [0, 0.05) is 31.4 Å². The van der Waals surface area contributed by atoms with Crippen molar-refractivity contribution >= 4 is 5.69 Å². The molecule has 19 heavy (non-hydrogen) atoms. The Labute approximate surface area is 115 Å². The topological polar surface area (TPSA) is 35.5 Å². The molecule has 104 valence electrons. The molecule has 1 saturated carbocycles. The summed E-state index contributed by atoms with van der Waals surface area (Å²) in [6, 6.07) is 7.42. The van der Waals surface area contributed by atoms with E-state index in [0.717, 1.165) is 38.5 Å². The van der Waals surface area contributed by atoms with Gasteiger partial charge in [-0.3, -0.25) is 0 Å². The van der Waals surface area contributed by atoms with Crippen LogP contribution in [0.4, 0.5) is 5.69 Å². The van der Waals surface area contributed by atoms with E-state index in [2.05, 4.69) is 35.3 Å². The van der Waals surface area contributed by atoms with E-state index in [4.69, 9.17) is 0 Å². The summed E-state index contributed by atoms with van der Waals surface area (Å²) in [5.74, 6) is 0. The van der Waals surface area contributed by atoms with Crippen molar-refractivity contribution < 1.29 is 5.11 Å². The van der Waals surface area contributed by atoms with Gasteiger partial charge in [0.1, 0.15) is 0 Å². The van der Waals surface area contributed by atoms with E-state index in [1.807, 2.05) is 0 Å². The maximum Gasteiger partial charge on any atom is 0.0715 e. The zero-order valence-corrected chi connectivity index (χ0v) is 11.7. The first-order valence-corrected chi connectivity index (χ1v) is 7.48. The Bertz CT molecular complexity index is 442. The number of nitrogens with one attached hydrogen (secondary N) is 1. The Hall–Kier alpha value is -1.06. The van der Waals surface area contributed by atoms with Gasteiger partial charge < -0.3 is 15.3 Å². The van der Waals surface area contributed by atoms with Crippen molar-refractivity contribution in [2.45, 2.75) is 51.3 Å². The van der Waals surface area contributed by atoms with Crippen molar-refractivity contribution in [3.05, 3.63) is 29.3 Å². The summed E-state index contributed by atoms with van der Waals surface area (Å²) in [5.41, 5.74) is 3.99. The molecule has 0 aromatic heterocycles. The number of rotatable bonds is 4. The van der Waals surface area contributed by atoms with Gasteiger partial charge in [0.05, 0.1) is 6.10 Å². The van der Waals surface area contributed by atoms with E-state index < -0.39 is 0 Å². The van der Waals surface area contributed by atoms with Crippen LogP contribution in [0.3, 0.4) is 0 Å². The number of aliphatic hydroxyl groups is 1. The Morgan fingerprint density at radius 1 is 1.32 bits per heavy atom. The molecule has 0 amide bonds. The van der Waals surface area contributed by atoms with Crippen molar-refractivity contribution in [1.82, 2.24) is 5.32 Å². The summed E-state index contributed by atoms with van der Waals surface area (Å²) >= 11 is 0. The number of nitrogens with zero attached hydrogens (tertiary/aromatic N) is 1. The molecular weight excluding hydrogens is 236 g/mol. The molecule has 1 unspecified atom stereocenters. The van der Waals surface area contributed by atoms with Crippen LogP contribution >= 0.6 is 0 Å². The lowest BCUT2D eigenvalue weighted by Crippen LogP contribution is -2.39. The average molecular weight is 260 g/mol. The number of anilines is 1. The molecule has 0 spiro atoms. The lowest BCUT2D eigenvalue weighted by molar-refractivity contribution is 0.154. The molecule has 2 aliphatic rings. The van der Waals surface area contributed by atoms with Crippen LogP contribution in [0.2, 0.25) is 0 Å². The molecule has 3 rings (SSSR count). The third-order valence-electron chi connectivity index (χ3n) is 4.13. The Balaban J connectivity index is 1.77. The maximum absolute atomic E-state index is 9.86. The normalized spacial score (nSPS) is 23.7. The van der Waals surface area contributed by atoms with Crippen LogP contribution in [0.1, 0.15) is 36.8 Å².